The van der Waals surface area contributed by atoms with Crippen molar-refractivity contribution in [2.45, 2.75) is 57.8 Å². The van der Waals surface area contributed by atoms with Gasteiger partial charge < -0.3 is 4.57 Å². The minimum Gasteiger partial charge on any atom is -0.307 e. The van der Waals surface area contributed by atoms with Crippen molar-refractivity contribution < 1.29 is 0 Å². The summed E-state index contributed by atoms with van der Waals surface area (Å²) < 4.78 is 4.91. The predicted molar refractivity (Wildman–Crippen MR) is 238 cm³/mol. The summed E-state index contributed by atoms with van der Waals surface area (Å²) in [5.41, 5.74) is 19.2. The van der Waals surface area contributed by atoms with Crippen LogP contribution in [0.5, 0.6) is 0 Å². The van der Waals surface area contributed by atoms with Crippen molar-refractivity contribution in [1.29, 1.82) is 0 Å². The van der Waals surface area contributed by atoms with E-state index in [9.17, 15) is 0 Å². The lowest BCUT2D eigenvalue weighted by Crippen LogP contribution is -2.19. The van der Waals surface area contributed by atoms with Gasteiger partial charge in [-0.15, -0.1) is 0 Å². The Labute approximate surface area is 332 Å². The summed E-state index contributed by atoms with van der Waals surface area (Å²) in [5.74, 6) is 0.741. The third kappa shape index (κ3) is 4.67. The molecule has 4 aliphatic rings. The van der Waals surface area contributed by atoms with E-state index in [0.29, 0.717) is 0 Å². The van der Waals surface area contributed by atoms with Crippen molar-refractivity contribution in [1.82, 2.24) is 19.1 Å². The summed E-state index contributed by atoms with van der Waals surface area (Å²) in [7, 11) is 0. The summed E-state index contributed by atoms with van der Waals surface area (Å²) in [6, 6.07) is 40.0. The van der Waals surface area contributed by atoms with Gasteiger partial charge in [-0.25, -0.2) is 9.97 Å². The second-order valence-corrected chi connectivity index (χ2v) is 16.6. The lowest BCUT2D eigenvalue weighted by molar-refractivity contribution is 0.648. The van der Waals surface area contributed by atoms with Gasteiger partial charge in [0.1, 0.15) is 0 Å². The molecule has 0 amide bonds. The van der Waals surface area contributed by atoms with Gasteiger partial charge >= 0.3 is 0 Å². The van der Waals surface area contributed by atoms with Gasteiger partial charge in [0, 0.05) is 43.9 Å². The molecule has 0 unspecified atom stereocenters. The normalized spacial score (nSPS) is 17.0. The minimum atomic E-state index is -0.0472. The molecule has 0 spiro atoms. The molecule has 3 heterocycles. The quantitative estimate of drug-likeness (QED) is 0.180. The largest absolute Gasteiger partial charge is 0.307 e. The molecule has 0 atom stereocenters. The van der Waals surface area contributed by atoms with Gasteiger partial charge in [-0.2, -0.15) is 0 Å². The van der Waals surface area contributed by atoms with Crippen molar-refractivity contribution >= 4 is 66.4 Å². The second kappa shape index (κ2) is 12.2. The average Bonchev–Trinajstić information content (AvgIpc) is 3.87. The highest BCUT2D eigenvalue weighted by molar-refractivity contribution is 6.20. The Hall–Kier alpha value is -6.52. The number of hydrogen-bond donors (Lipinski definition) is 0. The summed E-state index contributed by atoms with van der Waals surface area (Å²) >= 11 is 0. The molecule has 12 rings (SSSR count). The molecule has 0 saturated heterocycles. The number of para-hydroxylation sites is 3. The third-order valence-corrected chi connectivity index (χ3v) is 13.2. The maximum atomic E-state index is 5.58. The fourth-order valence-electron chi connectivity index (χ4n) is 10.7. The Kier molecular flexibility index (Phi) is 7.02. The van der Waals surface area contributed by atoms with E-state index in [-0.39, 0.29) is 5.41 Å². The van der Waals surface area contributed by atoms with Crippen LogP contribution in [0.15, 0.2) is 145 Å². The Bertz CT molecular complexity index is 3190. The van der Waals surface area contributed by atoms with Crippen LogP contribution in [-0.4, -0.2) is 19.1 Å². The van der Waals surface area contributed by atoms with Crippen LogP contribution in [-0.2, 0) is 11.8 Å². The monoisotopic (exact) mass is 734 g/mol. The first-order chi connectivity index (χ1) is 28.1. The molecule has 0 radical (unpaired) electrons. The molecule has 4 aliphatic carbocycles. The molecule has 274 valence electrons. The minimum absolute atomic E-state index is 0.0472. The molecule has 57 heavy (non-hydrogen) atoms. The van der Waals surface area contributed by atoms with Gasteiger partial charge in [0.05, 0.1) is 27.8 Å². The van der Waals surface area contributed by atoms with E-state index in [4.69, 9.17) is 9.97 Å². The first-order valence-corrected chi connectivity index (χ1v) is 20.6. The fraction of sp³-hybridized carbons (Fsp3) is 0.170. The van der Waals surface area contributed by atoms with Crippen LogP contribution in [0, 0.1) is 0 Å². The molecular weight excluding hydrogens is 693 g/mol. The average molecular weight is 735 g/mol. The van der Waals surface area contributed by atoms with Gasteiger partial charge in [-0.3, -0.25) is 4.57 Å². The standard InChI is InChI=1S/C53H42N4/c1-53(2)44-25-12-9-20-37(44)39-24-15-23-36(48(39)53)34-28-31-47-43(32-34)41-30-29-40-38-21-11-14-27-46(38)56(35-18-7-4-8-19-35)50(40)51(41)57(47)52-54-45-26-13-10-22-42(45)49(55-52)33-16-5-3-6-17-33/h3-5,7-8,10-16,18-19,21-27,29-30,32H,6,9,17,20,28,31H2,1-2H3. The number of rotatable bonds is 4. The van der Waals surface area contributed by atoms with E-state index in [1.165, 1.54) is 77.4 Å². The Morgan fingerprint density at radius 2 is 1.37 bits per heavy atom. The van der Waals surface area contributed by atoms with E-state index in [1.807, 2.05) is 0 Å². The van der Waals surface area contributed by atoms with Crippen LogP contribution in [0.25, 0.3) is 78.0 Å². The molecule has 0 fully saturated rings. The molecule has 0 aliphatic heterocycles. The van der Waals surface area contributed by atoms with Gasteiger partial charge in [0.15, 0.2) is 0 Å². The Morgan fingerprint density at radius 1 is 0.596 bits per heavy atom. The topological polar surface area (TPSA) is 35.6 Å². The van der Waals surface area contributed by atoms with Crippen LogP contribution in [0.2, 0.25) is 0 Å². The highest BCUT2D eigenvalue weighted by atomic mass is 15.2. The fourth-order valence-corrected chi connectivity index (χ4v) is 10.7. The van der Waals surface area contributed by atoms with Gasteiger partial charge in [-0.05, 0) is 108 Å². The number of fused-ring (bicyclic) bond motifs is 10. The second-order valence-electron chi connectivity index (χ2n) is 16.6. The number of benzene rings is 5. The van der Waals surface area contributed by atoms with Gasteiger partial charge in [-0.1, -0.05) is 129 Å². The number of nitrogens with zero attached hydrogens (tertiary/aromatic N) is 4. The van der Waals surface area contributed by atoms with E-state index < -0.39 is 0 Å². The molecule has 0 N–H and O–H groups in total. The first kappa shape index (κ1) is 32.7. The summed E-state index contributed by atoms with van der Waals surface area (Å²) in [5, 5.41) is 4.81. The van der Waals surface area contributed by atoms with E-state index >= 15 is 0 Å². The molecule has 0 bridgehead atoms. The SMILES string of the molecule is CC1(C)C2=C(CCC=C2)c2cccc(C3=Cc4c(n(-c5nc(C6=CC=CCC6)c6ccccc6n5)c5c4ccc4c6ccccc6n(-c6ccccc6)c45)CC3)c21. The molecule has 5 aromatic carbocycles. The van der Waals surface area contributed by atoms with Crippen molar-refractivity contribution in [3.63, 3.8) is 0 Å². The maximum Gasteiger partial charge on any atom is 0.235 e. The number of hydrogen-bond acceptors (Lipinski definition) is 2. The zero-order valence-corrected chi connectivity index (χ0v) is 32.4. The number of aromatic nitrogens is 4. The molecule has 4 nitrogen and oxygen atoms in total. The first-order valence-electron chi connectivity index (χ1n) is 20.6. The van der Waals surface area contributed by atoms with E-state index in [2.05, 4.69) is 169 Å². The van der Waals surface area contributed by atoms with Gasteiger partial charge in [0.25, 0.3) is 0 Å². The summed E-state index contributed by atoms with van der Waals surface area (Å²) in [6.07, 6.45) is 20.0. The summed E-state index contributed by atoms with van der Waals surface area (Å²) in [4.78, 5) is 11.0. The predicted octanol–water partition coefficient (Wildman–Crippen LogP) is 13.3. The molecule has 8 aromatic rings. The van der Waals surface area contributed by atoms with Crippen LogP contribution < -0.4 is 0 Å². The van der Waals surface area contributed by atoms with E-state index in [0.717, 1.165) is 72.3 Å². The smallest absolute Gasteiger partial charge is 0.235 e. The van der Waals surface area contributed by atoms with Crippen molar-refractivity contribution in [2.24, 2.45) is 0 Å². The highest BCUT2D eigenvalue weighted by Gasteiger charge is 2.39. The van der Waals surface area contributed by atoms with Crippen LogP contribution >= 0.6 is 0 Å². The highest BCUT2D eigenvalue weighted by Crippen LogP contribution is 2.53. The lowest BCUT2D eigenvalue weighted by Gasteiger charge is -2.28. The maximum absolute atomic E-state index is 5.58. The van der Waals surface area contributed by atoms with Crippen LogP contribution in [0.1, 0.15) is 79.6 Å². The van der Waals surface area contributed by atoms with Crippen molar-refractivity contribution in [3.8, 4) is 11.6 Å². The zero-order valence-electron chi connectivity index (χ0n) is 32.4. The molecule has 4 heteroatoms. The van der Waals surface area contributed by atoms with E-state index in [1.54, 1.807) is 0 Å². The van der Waals surface area contributed by atoms with Crippen molar-refractivity contribution in [3.05, 3.63) is 179 Å². The molecule has 0 saturated carbocycles. The van der Waals surface area contributed by atoms with Gasteiger partial charge in [0.2, 0.25) is 5.95 Å². The van der Waals surface area contributed by atoms with Crippen molar-refractivity contribution in [2.75, 3.05) is 0 Å². The Morgan fingerprint density at radius 3 is 2.25 bits per heavy atom. The Balaban J connectivity index is 1.19. The lowest BCUT2D eigenvalue weighted by atomic mass is 9.76. The number of allylic oxidation sites excluding steroid dienone is 9. The third-order valence-electron chi connectivity index (χ3n) is 13.2. The van der Waals surface area contributed by atoms with Crippen LogP contribution in [0.3, 0.4) is 0 Å². The molecular formula is C53H42N4. The van der Waals surface area contributed by atoms with Crippen LogP contribution in [0.4, 0.5) is 0 Å². The zero-order chi connectivity index (χ0) is 37.8. The molecule has 3 aromatic heterocycles. The summed E-state index contributed by atoms with van der Waals surface area (Å²) in [6.45, 7) is 4.86.